The molecule has 1 aromatic heterocycles. The lowest BCUT2D eigenvalue weighted by atomic mass is 10.0. The quantitative estimate of drug-likeness (QED) is 0.611. The van der Waals surface area contributed by atoms with Gasteiger partial charge in [-0.05, 0) is 6.07 Å². The smallest absolute Gasteiger partial charge is 0.138 e. The van der Waals surface area contributed by atoms with Gasteiger partial charge in [0.1, 0.15) is 17.7 Å². The fourth-order valence-corrected chi connectivity index (χ4v) is 2.19. The van der Waals surface area contributed by atoms with Crippen molar-refractivity contribution in [3.8, 4) is 5.75 Å². The number of hydrogen-bond acceptors (Lipinski definition) is 4. The number of nitrogens with zero attached hydrogens (tertiary/aromatic N) is 2. The van der Waals surface area contributed by atoms with Crippen molar-refractivity contribution in [2.75, 3.05) is 12.9 Å². The fourth-order valence-electron chi connectivity index (χ4n) is 1.15. The van der Waals surface area contributed by atoms with Gasteiger partial charge in [0.05, 0.1) is 24.2 Å². The molecule has 0 N–H and O–H groups in total. The van der Waals surface area contributed by atoms with Crippen LogP contribution in [0.4, 0.5) is 0 Å². The minimum Gasteiger partial charge on any atom is -0.591 e. The Hall–Kier alpha value is -1.07. The van der Waals surface area contributed by atoms with Crippen LogP contribution in [0.1, 0.15) is 26.5 Å². The van der Waals surface area contributed by atoms with Crippen LogP contribution in [0.25, 0.3) is 0 Å². The average Bonchev–Trinajstić information content (AvgIpc) is 2.24. The first-order chi connectivity index (χ1) is 7.90. The number of aromatic nitrogens is 1. The first kappa shape index (κ1) is 14.0. The number of hydrogen-bond donors (Lipinski definition) is 0. The highest BCUT2D eigenvalue weighted by atomic mass is 32.2. The van der Waals surface area contributed by atoms with E-state index in [1.807, 2.05) is 20.8 Å². The zero-order valence-corrected chi connectivity index (χ0v) is 11.5. The van der Waals surface area contributed by atoms with Crippen LogP contribution in [0.3, 0.4) is 0 Å². The normalized spacial score (nSPS) is 13.9. The summed E-state index contributed by atoms with van der Waals surface area (Å²) in [5.41, 5.74) is 0.649. The van der Waals surface area contributed by atoms with E-state index in [4.69, 9.17) is 4.74 Å². The molecular weight excluding hydrogens is 236 g/mol. The number of methoxy groups -OCH3 is 1. The maximum Gasteiger partial charge on any atom is 0.138 e. The van der Waals surface area contributed by atoms with Crippen LogP contribution in [0, 0.1) is 5.41 Å². The van der Waals surface area contributed by atoms with Crippen LogP contribution in [0.2, 0.25) is 0 Å². The summed E-state index contributed by atoms with van der Waals surface area (Å²) < 4.78 is 20.7. The topological polar surface area (TPSA) is 57.5 Å². The van der Waals surface area contributed by atoms with E-state index < -0.39 is 11.4 Å². The molecule has 0 amide bonds. The van der Waals surface area contributed by atoms with Crippen LogP contribution < -0.4 is 4.74 Å². The molecule has 0 aliphatic carbocycles. The maximum atomic E-state index is 11.6. The Balaban J connectivity index is 2.63. The molecule has 1 aromatic rings. The summed E-state index contributed by atoms with van der Waals surface area (Å²) in [4.78, 5) is 4.09. The maximum absolute atomic E-state index is 11.6. The van der Waals surface area contributed by atoms with E-state index in [1.165, 1.54) is 6.21 Å². The van der Waals surface area contributed by atoms with Gasteiger partial charge in [-0.3, -0.25) is 4.98 Å². The second-order valence-corrected chi connectivity index (χ2v) is 6.02. The molecule has 1 atom stereocenters. The molecule has 0 aromatic carbocycles. The predicted molar refractivity (Wildman–Crippen MR) is 70.8 cm³/mol. The molecular formula is C12H18N2O2S. The first-order valence-electron chi connectivity index (χ1n) is 5.33. The Labute approximate surface area is 105 Å². The van der Waals surface area contributed by atoms with Crippen LogP contribution in [0.15, 0.2) is 22.7 Å². The van der Waals surface area contributed by atoms with E-state index >= 15 is 0 Å². The van der Waals surface area contributed by atoms with Gasteiger partial charge in [-0.2, -0.15) is 0 Å². The molecule has 0 saturated carbocycles. The van der Waals surface area contributed by atoms with Crippen molar-refractivity contribution < 1.29 is 9.29 Å². The highest BCUT2D eigenvalue weighted by Crippen LogP contribution is 2.17. The standard InChI is InChI=1S/C12H18N2O2S/c1-12(2,3)9-17(15)14-8-10-7-11(16-4)5-6-13-10/h5-8H,9H2,1-4H3/b14-8+. The Morgan fingerprint density at radius 1 is 1.53 bits per heavy atom. The molecule has 0 aliphatic heterocycles. The highest BCUT2D eigenvalue weighted by molar-refractivity contribution is 7.90. The van der Waals surface area contributed by atoms with Gasteiger partial charge >= 0.3 is 0 Å². The van der Waals surface area contributed by atoms with Gasteiger partial charge in [-0.1, -0.05) is 25.2 Å². The van der Waals surface area contributed by atoms with E-state index in [0.717, 1.165) is 0 Å². The van der Waals surface area contributed by atoms with Gasteiger partial charge in [0.15, 0.2) is 0 Å². The van der Waals surface area contributed by atoms with Crippen molar-refractivity contribution in [2.24, 2.45) is 9.81 Å². The number of pyridine rings is 1. The highest BCUT2D eigenvalue weighted by Gasteiger charge is 2.19. The lowest BCUT2D eigenvalue weighted by Gasteiger charge is -2.16. The summed E-state index contributed by atoms with van der Waals surface area (Å²) >= 11 is -1.21. The van der Waals surface area contributed by atoms with Crippen molar-refractivity contribution in [1.82, 2.24) is 4.98 Å². The zero-order chi connectivity index (χ0) is 12.9. The minimum absolute atomic E-state index is 0.00398. The molecule has 0 bridgehead atoms. The summed E-state index contributed by atoms with van der Waals surface area (Å²) in [6, 6.07) is 3.50. The first-order valence-corrected chi connectivity index (χ1v) is 6.61. The van der Waals surface area contributed by atoms with Gasteiger partial charge in [0.25, 0.3) is 0 Å². The van der Waals surface area contributed by atoms with E-state index in [1.54, 1.807) is 25.4 Å². The molecule has 1 rings (SSSR count). The number of ether oxygens (including phenoxy) is 1. The lowest BCUT2D eigenvalue weighted by Crippen LogP contribution is -2.19. The monoisotopic (exact) mass is 254 g/mol. The van der Waals surface area contributed by atoms with Gasteiger partial charge in [0, 0.05) is 17.7 Å². The summed E-state index contributed by atoms with van der Waals surface area (Å²) in [5.74, 6) is 1.25. The molecule has 0 spiro atoms. The van der Waals surface area contributed by atoms with Gasteiger partial charge < -0.3 is 9.29 Å². The molecule has 0 aliphatic rings. The second-order valence-electron chi connectivity index (χ2n) is 4.88. The Kier molecular flexibility index (Phi) is 4.96. The molecule has 17 heavy (non-hydrogen) atoms. The summed E-state index contributed by atoms with van der Waals surface area (Å²) in [6.07, 6.45) is 3.15. The van der Waals surface area contributed by atoms with Crippen molar-refractivity contribution in [3.05, 3.63) is 24.0 Å². The molecule has 5 heteroatoms. The van der Waals surface area contributed by atoms with Crippen LogP contribution >= 0.6 is 0 Å². The molecule has 0 radical (unpaired) electrons. The van der Waals surface area contributed by atoms with Crippen LogP contribution in [-0.4, -0.2) is 28.6 Å². The average molecular weight is 254 g/mol. The summed E-state index contributed by atoms with van der Waals surface area (Å²) in [5, 5.41) is 0. The number of rotatable bonds is 4. The van der Waals surface area contributed by atoms with Crippen molar-refractivity contribution >= 4 is 17.6 Å². The largest absolute Gasteiger partial charge is 0.591 e. The van der Waals surface area contributed by atoms with Crippen molar-refractivity contribution in [3.63, 3.8) is 0 Å². The predicted octanol–water partition coefficient (Wildman–Crippen LogP) is 2.22. The fraction of sp³-hybridized carbons (Fsp3) is 0.500. The van der Waals surface area contributed by atoms with Crippen molar-refractivity contribution in [1.29, 1.82) is 0 Å². The summed E-state index contributed by atoms with van der Waals surface area (Å²) in [7, 11) is 1.59. The Bertz CT molecular complexity index is 388. The van der Waals surface area contributed by atoms with Crippen LogP contribution in [0.5, 0.6) is 5.75 Å². The third-order valence-electron chi connectivity index (χ3n) is 1.85. The molecule has 1 unspecified atom stereocenters. The van der Waals surface area contributed by atoms with E-state index in [9.17, 15) is 4.55 Å². The summed E-state index contributed by atoms with van der Waals surface area (Å²) in [6.45, 7) is 6.10. The van der Waals surface area contributed by atoms with Crippen molar-refractivity contribution in [2.45, 2.75) is 20.8 Å². The zero-order valence-electron chi connectivity index (χ0n) is 10.6. The Morgan fingerprint density at radius 3 is 2.82 bits per heavy atom. The molecule has 94 valence electrons. The molecule has 0 saturated heterocycles. The SMILES string of the molecule is COc1ccnc(/C=N/[S+]([O-])CC(C)(C)C)c1. The lowest BCUT2D eigenvalue weighted by molar-refractivity contribution is 0.414. The third-order valence-corrected chi connectivity index (χ3v) is 3.30. The van der Waals surface area contributed by atoms with Gasteiger partial charge in [-0.25, -0.2) is 0 Å². The van der Waals surface area contributed by atoms with E-state index in [-0.39, 0.29) is 5.41 Å². The minimum atomic E-state index is -1.21. The second kappa shape index (κ2) is 6.02. The molecule has 4 nitrogen and oxygen atoms in total. The van der Waals surface area contributed by atoms with E-state index in [0.29, 0.717) is 17.2 Å². The van der Waals surface area contributed by atoms with Gasteiger partial charge in [-0.15, -0.1) is 0 Å². The van der Waals surface area contributed by atoms with E-state index in [2.05, 4.69) is 9.38 Å². The Morgan fingerprint density at radius 2 is 2.24 bits per heavy atom. The molecule has 1 heterocycles. The third kappa shape index (κ3) is 5.70. The van der Waals surface area contributed by atoms with Gasteiger partial charge in [0.2, 0.25) is 0 Å². The molecule has 0 fully saturated rings. The van der Waals surface area contributed by atoms with Crippen LogP contribution in [-0.2, 0) is 11.4 Å².